The number of benzene rings is 1. The third-order valence-corrected chi connectivity index (χ3v) is 3.52. The molecule has 0 unspecified atom stereocenters. The molecule has 0 spiro atoms. The molecule has 0 saturated heterocycles. The second-order valence-corrected chi connectivity index (χ2v) is 5.02. The first-order chi connectivity index (χ1) is 8.75. The Bertz CT molecular complexity index is 728. The van der Waals surface area contributed by atoms with Gasteiger partial charge in [0, 0.05) is 22.5 Å². The molecule has 3 rings (SSSR count). The lowest BCUT2D eigenvalue weighted by Crippen LogP contribution is -2.02. The van der Waals surface area contributed by atoms with E-state index in [1.54, 1.807) is 11.6 Å². The zero-order valence-corrected chi connectivity index (χ0v) is 10.6. The van der Waals surface area contributed by atoms with E-state index < -0.39 is 0 Å². The fraction of sp³-hybridized carbons (Fsp3) is 0.0714. The lowest BCUT2D eigenvalue weighted by molar-refractivity contribution is 0.103. The fourth-order valence-corrected chi connectivity index (χ4v) is 2.50. The van der Waals surface area contributed by atoms with Gasteiger partial charge in [0.15, 0.2) is 0 Å². The molecule has 0 bridgehead atoms. The minimum absolute atomic E-state index is 0.0436. The molecular formula is C14H10N2OS. The lowest BCUT2D eigenvalue weighted by Gasteiger charge is -2.02. The SMILES string of the molecule is Cc1nc(C(=O)c2cccc3ncccc23)cs1. The van der Waals surface area contributed by atoms with Crippen molar-refractivity contribution < 1.29 is 4.79 Å². The van der Waals surface area contributed by atoms with Gasteiger partial charge in [-0.1, -0.05) is 18.2 Å². The summed E-state index contributed by atoms with van der Waals surface area (Å²) in [4.78, 5) is 20.9. The van der Waals surface area contributed by atoms with Gasteiger partial charge in [-0.3, -0.25) is 9.78 Å². The number of ketones is 1. The van der Waals surface area contributed by atoms with Crippen molar-refractivity contribution in [2.24, 2.45) is 0 Å². The molecule has 1 aromatic carbocycles. The van der Waals surface area contributed by atoms with Gasteiger partial charge in [-0.05, 0) is 19.1 Å². The second kappa shape index (κ2) is 4.31. The van der Waals surface area contributed by atoms with E-state index >= 15 is 0 Å². The van der Waals surface area contributed by atoms with Crippen LogP contribution in [0.1, 0.15) is 21.1 Å². The largest absolute Gasteiger partial charge is 0.287 e. The van der Waals surface area contributed by atoms with Crippen molar-refractivity contribution in [1.82, 2.24) is 9.97 Å². The van der Waals surface area contributed by atoms with Crippen molar-refractivity contribution in [3.63, 3.8) is 0 Å². The van der Waals surface area contributed by atoms with E-state index in [0.29, 0.717) is 11.3 Å². The number of hydrogen-bond donors (Lipinski definition) is 0. The molecular weight excluding hydrogens is 244 g/mol. The Morgan fingerprint density at radius 1 is 1.22 bits per heavy atom. The zero-order valence-electron chi connectivity index (χ0n) is 9.75. The fourth-order valence-electron chi connectivity index (χ4n) is 1.91. The van der Waals surface area contributed by atoms with Crippen LogP contribution in [0.3, 0.4) is 0 Å². The summed E-state index contributed by atoms with van der Waals surface area (Å²) < 4.78 is 0. The Kier molecular flexibility index (Phi) is 2.64. The number of pyridine rings is 1. The van der Waals surface area contributed by atoms with E-state index in [1.165, 1.54) is 11.3 Å². The topological polar surface area (TPSA) is 42.9 Å². The molecule has 0 saturated carbocycles. The van der Waals surface area contributed by atoms with E-state index in [0.717, 1.165) is 15.9 Å². The molecule has 2 aromatic heterocycles. The summed E-state index contributed by atoms with van der Waals surface area (Å²) in [6.07, 6.45) is 1.73. The molecule has 0 aliphatic rings. The van der Waals surface area contributed by atoms with E-state index in [4.69, 9.17) is 0 Å². The molecule has 0 amide bonds. The number of nitrogens with zero attached hydrogens (tertiary/aromatic N) is 2. The number of hydrogen-bond acceptors (Lipinski definition) is 4. The third kappa shape index (κ3) is 1.80. The summed E-state index contributed by atoms with van der Waals surface area (Å²) >= 11 is 1.49. The Balaban J connectivity index is 2.17. The number of carbonyl (C=O) groups is 1. The Morgan fingerprint density at radius 3 is 2.89 bits per heavy atom. The molecule has 2 heterocycles. The summed E-state index contributed by atoms with van der Waals surface area (Å²) in [5.41, 5.74) is 2.00. The van der Waals surface area contributed by atoms with E-state index in [9.17, 15) is 4.79 Å². The molecule has 0 aliphatic heterocycles. The first kappa shape index (κ1) is 11.0. The van der Waals surface area contributed by atoms with Gasteiger partial charge in [-0.2, -0.15) is 0 Å². The number of fused-ring (bicyclic) bond motifs is 1. The van der Waals surface area contributed by atoms with Crippen LogP contribution >= 0.6 is 11.3 Å². The van der Waals surface area contributed by atoms with Crippen molar-refractivity contribution in [3.8, 4) is 0 Å². The van der Waals surface area contributed by atoms with Crippen molar-refractivity contribution in [3.05, 3.63) is 58.2 Å². The van der Waals surface area contributed by atoms with Gasteiger partial charge in [0.25, 0.3) is 0 Å². The normalized spacial score (nSPS) is 10.7. The van der Waals surface area contributed by atoms with Gasteiger partial charge in [0.05, 0.1) is 10.5 Å². The van der Waals surface area contributed by atoms with Gasteiger partial charge in [-0.15, -0.1) is 11.3 Å². The van der Waals surface area contributed by atoms with Crippen molar-refractivity contribution >= 4 is 28.0 Å². The highest BCUT2D eigenvalue weighted by atomic mass is 32.1. The summed E-state index contributed by atoms with van der Waals surface area (Å²) in [7, 11) is 0. The number of rotatable bonds is 2. The van der Waals surface area contributed by atoms with Gasteiger partial charge >= 0.3 is 0 Å². The highest BCUT2D eigenvalue weighted by molar-refractivity contribution is 7.09. The van der Waals surface area contributed by atoms with Crippen LogP contribution in [0.5, 0.6) is 0 Å². The van der Waals surface area contributed by atoms with Crippen LogP contribution in [0.15, 0.2) is 41.9 Å². The van der Waals surface area contributed by atoms with Crippen molar-refractivity contribution in [2.45, 2.75) is 6.92 Å². The molecule has 4 heteroatoms. The number of aromatic nitrogens is 2. The van der Waals surface area contributed by atoms with Crippen LogP contribution in [0.4, 0.5) is 0 Å². The first-order valence-electron chi connectivity index (χ1n) is 5.56. The average Bonchev–Trinajstić information content (AvgIpc) is 2.84. The van der Waals surface area contributed by atoms with Gasteiger partial charge in [0.2, 0.25) is 5.78 Å². The Labute approximate surface area is 108 Å². The maximum Gasteiger partial charge on any atom is 0.212 e. The number of thiazole rings is 1. The first-order valence-corrected chi connectivity index (χ1v) is 6.44. The highest BCUT2D eigenvalue weighted by Gasteiger charge is 2.14. The quantitative estimate of drug-likeness (QED) is 0.659. The van der Waals surface area contributed by atoms with Crippen molar-refractivity contribution in [1.29, 1.82) is 0 Å². The summed E-state index contributed by atoms with van der Waals surface area (Å²) in [6, 6.07) is 9.32. The maximum absolute atomic E-state index is 12.4. The minimum atomic E-state index is -0.0436. The van der Waals surface area contributed by atoms with Crippen molar-refractivity contribution in [2.75, 3.05) is 0 Å². The molecule has 0 N–H and O–H groups in total. The molecule has 18 heavy (non-hydrogen) atoms. The monoisotopic (exact) mass is 254 g/mol. The summed E-state index contributed by atoms with van der Waals surface area (Å²) in [5, 5.41) is 3.57. The molecule has 0 aliphatic carbocycles. The van der Waals surface area contributed by atoms with Crippen LogP contribution in [0, 0.1) is 6.92 Å². The van der Waals surface area contributed by atoms with E-state index in [-0.39, 0.29) is 5.78 Å². The lowest BCUT2D eigenvalue weighted by atomic mass is 10.0. The highest BCUT2D eigenvalue weighted by Crippen LogP contribution is 2.20. The Hall–Kier alpha value is -2.07. The summed E-state index contributed by atoms with van der Waals surface area (Å²) in [5.74, 6) is -0.0436. The summed E-state index contributed by atoms with van der Waals surface area (Å²) in [6.45, 7) is 1.89. The van der Waals surface area contributed by atoms with Crippen LogP contribution in [0.25, 0.3) is 10.9 Å². The second-order valence-electron chi connectivity index (χ2n) is 3.96. The third-order valence-electron chi connectivity index (χ3n) is 2.74. The smallest absolute Gasteiger partial charge is 0.212 e. The molecule has 0 fully saturated rings. The molecule has 88 valence electrons. The standard InChI is InChI=1S/C14H10N2OS/c1-9-16-13(8-18-9)14(17)11-4-2-6-12-10(11)5-3-7-15-12/h2-8H,1H3. The van der Waals surface area contributed by atoms with Crippen LogP contribution in [-0.4, -0.2) is 15.8 Å². The van der Waals surface area contributed by atoms with Crippen LogP contribution in [-0.2, 0) is 0 Å². The minimum Gasteiger partial charge on any atom is -0.287 e. The predicted molar refractivity (Wildman–Crippen MR) is 72.0 cm³/mol. The molecule has 3 nitrogen and oxygen atoms in total. The van der Waals surface area contributed by atoms with E-state index in [1.807, 2.05) is 37.3 Å². The van der Waals surface area contributed by atoms with Gasteiger partial charge in [-0.25, -0.2) is 4.98 Å². The number of carbonyl (C=O) groups excluding carboxylic acids is 1. The molecule has 3 aromatic rings. The Morgan fingerprint density at radius 2 is 2.11 bits per heavy atom. The molecule has 0 atom stereocenters. The van der Waals surface area contributed by atoms with Gasteiger partial charge < -0.3 is 0 Å². The zero-order chi connectivity index (χ0) is 12.5. The van der Waals surface area contributed by atoms with Crippen LogP contribution < -0.4 is 0 Å². The average molecular weight is 254 g/mol. The van der Waals surface area contributed by atoms with Crippen LogP contribution in [0.2, 0.25) is 0 Å². The van der Waals surface area contributed by atoms with E-state index in [2.05, 4.69) is 9.97 Å². The van der Waals surface area contributed by atoms with Gasteiger partial charge in [0.1, 0.15) is 5.69 Å². The number of aryl methyl sites for hydroxylation is 1. The predicted octanol–water partition coefficient (Wildman–Crippen LogP) is 3.23. The molecule has 0 radical (unpaired) electrons. The maximum atomic E-state index is 12.4.